The van der Waals surface area contributed by atoms with Gasteiger partial charge in [-0.05, 0) is 12.8 Å². The van der Waals surface area contributed by atoms with Gasteiger partial charge in [0.2, 0.25) is 0 Å². The summed E-state index contributed by atoms with van der Waals surface area (Å²) in [5, 5.41) is 9.32. The average Bonchev–Trinajstić information content (AvgIpc) is 3.19. The number of carboxylic acids is 1. The minimum atomic E-state index is -1.02. The van der Waals surface area contributed by atoms with Crippen molar-refractivity contribution in [3.05, 3.63) is 18.2 Å². The Bertz CT molecular complexity index is 651. The van der Waals surface area contributed by atoms with Gasteiger partial charge >= 0.3 is 17.9 Å². The zero-order valence-electron chi connectivity index (χ0n) is 16.3. The first-order valence-electron chi connectivity index (χ1n) is 9.26. The third-order valence-electron chi connectivity index (χ3n) is 5.00. The van der Waals surface area contributed by atoms with E-state index < -0.39 is 11.9 Å². The van der Waals surface area contributed by atoms with Gasteiger partial charge < -0.3 is 19.6 Å². The lowest BCUT2D eigenvalue weighted by atomic mass is 9.87. The Morgan fingerprint density at radius 1 is 1.07 bits per heavy atom. The molecule has 2 atom stereocenters. The van der Waals surface area contributed by atoms with Crippen LogP contribution in [-0.4, -0.2) is 88.7 Å². The summed E-state index contributed by atoms with van der Waals surface area (Å²) in [6.07, 6.45) is 6.72. The van der Waals surface area contributed by atoms with Gasteiger partial charge in [-0.2, -0.15) is 0 Å². The van der Waals surface area contributed by atoms with Crippen molar-refractivity contribution in [2.24, 2.45) is 0 Å². The van der Waals surface area contributed by atoms with Crippen LogP contribution in [-0.2, 0) is 30.4 Å². The molecule has 1 aliphatic carbocycles. The van der Waals surface area contributed by atoms with Gasteiger partial charge in [0.25, 0.3) is 0 Å². The summed E-state index contributed by atoms with van der Waals surface area (Å²) >= 11 is 0. The number of imidazole rings is 1. The van der Waals surface area contributed by atoms with Crippen LogP contribution in [0.15, 0.2) is 12.4 Å². The van der Waals surface area contributed by atoms with Crippen LogP contribution in [0.5, 0.6) is 0 Å². The highest BCUT2D eigenvalue weighted by Crippen LogP contribution is 2.28. The number of carbonyl (C=O) groups excluding carboxylic acids is 2. The maximum Gasteiger partial charge on any atom is 0.319 e. The van der Waals surface area contributed by atoms with Gasteiger partial charge in [-0.15, -0.1) is 0 Å². The van der Waals surface area contributed by atoms with Crippen LogP contribution in [0, 0.1) is 0 Å². The van der Waals surface area contributed by atoms with Crippen molar-refractivity contribution in [1.82, 2.24) is 19.8 Å². The monoisotopic (exact) mass is 396 g/mol. The van der Waals surface area contributed by atoms with Crippen LogP contribution >= 0.6 is 0 Å². The first-order valence-corrected chi connectivity index (χ1v) is 9.26. The van der Waals surface area contributed by atoms with Crippen LogP contribution in [0.1, 0.15) is 31.5 Å². The molecule has 1 aromatic rings. The number of carbonyl (C=O) groups is 3. The zero-order valence-corrected chi connectivity index (χ0v) is 16.3. The van der Waals surface area contributed by atoms with Crippen molar-refractivity contribution in [1.29, 1.82) is 0 Å². The highest BCUT2D eigenvalue weighted by molar-refractivity contribution is 5.74. The van der Waals surface area contributed by atoms with E-state index in [1.54, 1.807) is 17.3 Å². The molecule has 0 bridgehead atoms. The summed E-state index contributed by atoms with van der Waals surface area (Å²) in [5.41, 5.74) is 0. The van der Waals surface area contributed by atoms with E-state index in [9.17, 15) is 19.5 Å². The Labute approximate surface area is 163 Å². The number of hydrogen-bond acceptors (Lipinski definition) is 8. The molecule has 1 unspecified atom stereocenters. The number of hydrogen-bond donors (Lipinski definition) is 2. The quantitative estimate of drug-likeness (QED) is 0.536. The lowest BCUT2D eigenvalue weighted by molar-refractivity contribution is -0.148. The van der Waals surface area contributed by atoms with Crippen molar-refractivity contribution < 1.29 is 29.0 Å². The van der Waals surface area contributed by atoms with Gasteiger partial charge in [0.05, 0.1) is 40.4 Å². The number of nitrogens with zero attached hydrogens (tertiary/aromatic N) is 3. The van der Waals surface area contributed by atoms with Gasteiger partial charge in [-0.25, -0.2) is 4.98 Å². The summed E-state index contributed by atoms with van der Waals surface area (Å²) in [4.78, 5) is 46.1. The molecule has 0 aromatic carbocycles. The number of ether oxygens (including phenoxy) is 2. The smallest absolute Gasteiger partial charge is 0.319 e. The molecule has 1 aromatic heterocycles. The molecule has 28 heavy (non-hydrogen) atoms. The zero-order chi connectivity index (χ0) is 20.5. The summed E-state index contributed by atoms with van der Waals surface area (Å²) in [6, 6.07) is -0.328. The van der Waals surface area contributed by atoms with Gasteiger partial charge in [0.15, 0.2) is 0 Å². The maximum absolute atomic E-state index is 12.0. The lowest BCUT2D eigenvalue weighted by Gasteiger charge is -2.43. The fraction of sp³-hybridized carbons (Fsp3) is 0.667. The number of aromatic amines is 1. The third-order valence-corrected chi connectivity index (χ3v) is 5.00. The minimum absolute atomic E-state index is 0.0531. The van der Waals surface area contributed by atoms with E-state index in [4.69, 9.17) is 9.47 Å². The summed E-state index contributed by atoms with van der Waals surface area (Å²) < 4.78 is 9.58. The van der Waals surface area contributed by atoms with E-state index in [0.717, 1.165) is 25.7 Å². The Kier molecular flexibility index (Phi) is 8.40. The second-order valence-electron chi connectivity index (χ2n) is 6.81. The summed E-state index contributed by atoms with van der Waals surface area (Å²) in [7, 11) is 2.61. The van der Waals surface area contributed by atoms with Crippen LogP contribution in [0.2, 0.25) is 0 Å². The van der Waals surface area contributed by atoms with E-state index in [1.807, 2.05) is 4.90 Å². The van der Waals surface area contributed by atoms with E-state index in [-0.39, 0.29) is 37.7 Å². The molecule has 1 fully saturated rings. The second kappa shape index (κ2) is 10.8. The molecule has 0 aliphatic heterocycles. The molecule has 0 spiro atoms. The molecule has 0 amide bonds. The van der Waals surface area contributed by atoms with E-state index in [2.05, 4.69) is 9.97 Å². The van der Waals surface area contributed by atoms with Crippen molar-refractivity contribution >= 4 is 17.9 Å². The number of carboxylic acid groups (broad SMARTS) is 1. The van der Waals surface area contributed by atoms with Crippen LogP contribution in [0.4, 0.5) is 0 Å². The number of aliphatic carboxylic acids is 1. The van der Waals surface area contributed by atoms with Gasteiger partial charge in [0, 0.05) is 24.5 Å². The Morgan fingerprint density at radius 3 is 2.14 bits per heavy atom. The molecule has 0 saturated heterocycles. The molecular formula is C18H28N4O6. The number of esters is 2. The molecule has 1 aliphatic rings. The van der Waals surface area contributed by atoms with Crippen LogP contribution in [0.3, 0.4) is 0 Å². The molecule has 2 N–H and O–H groups in total. The van der Waals surface area contributed by atoms with Crippen molar-refractivity contribution in [2.45, 2.75) is 44.3 Å². The minimum Gasteiger partial charge on any atom is -0.480 e. The highest BCUT2D eigenvalue weighted by atomic mass is 16.5. The van der Waals surface area contributed by atoms with Crippen LogP contribution in [0.25, 0.3) is 0 Å². The standard InChI is InChI=1S/C18H28N4O6/c1-27-17(25)11-21(9-15-19-7-8-20-15)13-5-3-4-6-14(13)22(10-16(23)24)12-18(26)28-2/h7-8,13-14H,3-6,9-12H2,1-2H3,(H,19,20)(H,23,24)/t13-,14?/m0/s1. The lowest BCUT2D eigenvalue weighted by Crippen LogP contribution is -2.56. The number of aromatic nitrogens is 2. The molecule has 10 nitrogen and oxygen atoms in total. The van der Waals surface area contributed by atoms with Gasteiger partial charge in [0.1, 0.15) is 5.82 Å². The van der Waals surface area contributed by atoms with Crippen molar-refractivity contribution in [3.8, 4) is 0 Å². The normalized spacial score (nSPS) is 19.6. The molecule has 1 saturated carbocycles. The molecule has 0 radical (unpaired) electrons. The van der Waals surface area contributed by atoms with Gasteiger partial charge in [-0.3, -0.25) is 24.2 Å². The topological polar surface area (TPSA) is 125 Å². The van der Waals surface area contributed by atoms with Crippen molar-refractivity contribution in [2.75, 3.05) is 33.9 Å². The number of methoxy groups -OCH3 is 2. The molecule has 1 heterocycles. The predicted octanol–water partition coefficient (Wildman–Crippen LogP) is 0.256. The van der Waals surface area contributed by atoms with E-state index in [1.165, 1.54) is 14.2 Å². The third kappa shape index (κ3) is 6.31. The molecule has 10 heteroatoms. The van der Waals surface area contributed by atoms with Crippen LogP contribution < -0.4 is 0 Å². The first kappa shape index (κ1) is 21.8. The number of rotatable bonds is 10. The Balaban J connectivity index is 2.26. The first-order chi connectivity index (χ1) is 13.4. The SMILES string of the molecule is COC(=O)CN(CC(=O)O)C1CCCC[C@@H]1N(CC(=O)OC)Cc1ncc[nH]1. The Hall–Kier alpha value is -2.46. The molecule has 2 rings (SSSR count). The molecular weight excluding hydrogens is 368 g/mol. The predicted molar refractivity (Wildman–Crippen MR) is 98.3 cm³/mol. The largest absolute Gasteiger partial charge is 0.480 e. The summed E-state index contributed by atoms with van der Waals surface area (Å²) in [5.74, 6) is -1.19. The fourth-order valence-electron chi connectivity index (χ4n) is 3.74. The van der Waals surface area contributed by atoms with Crippen molar-refractivity contribution in [3.63, 3.8) is 0 Å². The number of H-pyrrole nitrogens is 1. The average molecular weight is 396 g/mol. The van der Waals surface area contributed by atoms with E-state index >= 15 is 0 Å². The fourth-order valence-corrected chi connectivity index (χ4v) is 3.74. The highest BCUT2D eigenvalue weighted by Gasteiger charge is 2.37. The molecule has 156 valence electrons. The number of nitrogens with one attached hydrogen (secondary N) is 1. The van der Waals surface area contributed by atoms with E-state index in [0.29, 0.717) is 12.4 Å². The summed E-state index contributed by atoms with van der Waals surface area (Å²) in [6.45, 7) is 0.0553. The second-order valence-corrected chi connectivity index (χ2v) is 6.81. The maximum atomic E-state index is 12.0. The Morgan fingerprint density at radius 2 is 1.64 bits per heavy atom. The van der Waals surface area contributed by atoms with Gasteiger partial charge in [-0.1, -0.05) is 12.8 Å².